The van der Waals surface area contributed by atoms with Crippen molar-refractivity contribution in [2.45, 2.75) is 58.8 Å². The van der Waals surface area contributed by atoms with Gasteiger partial charge in [-0.3, -0.25) is 9.59 Å². The fourth-order valence-electron chi connectivity index (χ4n) is 3.20. The van der Waals surface area contributed by atoms with E-state index in [1.54, 1.807) is 0 Å². The molecule has 0 bridgehead atoms. The molecule has 0 heterocycles. The predicted molar refractivity (Wildman–Crippen MR) is 115 cm³/mol. The van der Waals surface area contributed by atoms with Gasteiger partial charge in [-0.15, -0.1) is 0 Å². The molecule has 0 fully saturated rings. The molecule has 29 heavy (non-hydrogen) atoms. The molecule has 0 amide bonds. The van der Waals surface area contributed by atoms with Crippen LogP contribution in [0.1, 0.15) is 55.4 Å². The summed E-state index contributed by atoms with van der Waals surface area (Å²) in [6.07, 6.45) is 5.46. The van der Waals surface area contributed by atoms with Gasteiger partial charge in [0, 0.05) is 12.8 Å². The molecule has 0 atom stereocenters. The van der Waals surface area contributed by atoms with Crippen molar-refractivity contribution in [2.75, 3.05) is 13.2 Å². The first-order valence-electron chi connectivity index (χ1n) is 10.6. The number of carbonyl (C=O) groups excluding carboxylic acids is 2. The van der Waals surface area contributed by atoms with Crippen LogP contribution in [0.15, 0.2) is 48.5 Å². The lowest BCUT2D eigenvalue weighted by atomic mass is 10.0. The molecule has 0 N–H and O–H groups in total. The van der Waals surface area contributed by atoms with Crippen LogP contribution >= 0.6 is 0 Å². The highest BCUT2D eigenvalue weighted by Gasteiger charge is 2.04. The fraction of sp³-hybridized carbons (Fsp3) is 0.440. The molecule has 2 aromatic carbocycles. The Morgan fingerprint density at radius 1 is 0.586 bits per heavy atom. The molecule has 0 aliphatic carbocycles. The van der Waals surface area contributed by atoms with Crippen LogP contribution < -0.4 is 0 Å². The van der Waals surface area contributed by atoms with E-state index in [9.17, 15) is 9.59 Å². The van der Waals surface area contributed by atoms with E-state index in [-0.39, 0.29) is 11.9 Å². The van der Waals surface area contributed by atoms with Gasteiger partial charge in [0.1, 0.15) is 0 Å². The molecule has 0 saturated carbocycles. The van der Waals surface area contributed by atoms with Crippen LogP contribution in [0.5, 0.6) is 0 Å². The lowest BCUT2D eigenvalue weighted by Crippen LogP contribution is -2.05. The molecular weight excluding hydrogens is 364 g/mol. The monoisotopic (exact) mass is 396 g/mol. The third-order valence-corrected chi connectivity index (χ3v) is 4.82. The summed E-state index contributed by atoms with van der Waals surface area (Å²) >= 11 is 0. The first-order valence-corrected chi connectivity index (χ1v) is 10.6. The van der Waals surface area contributed by atoms with E-state index in [1.165, 1.54) is 22.3 Å². The van der Waals surface area contributed by atoms with E-state index in [4.69, 9.17) is 9.47 Å². The van der Waals surface area contributed by atoms with Gasteiger partial charge in [0.2, 0.25) is 0 Å². The Kier molecular flexibility index (Phi) is 9.98. The third-order valence-electron chi connectivity index (χ3n) is 4.82. The number of carbonyl (C=O) groups is 2. The zero-order valence-corrected chi connectivity index (χ0v) is 17.6. The first kappa shape index (κ1) is 22.7. The highest BCUT2D eigenvalue weighted by atomic mass is 16.5. The van der Waals surface area contributed by atoms with Crippen molar-refractivity contribution < 1.29 is 19.1 Å². The van der Waals surface area contributed by atoms with E-state index in [0.717, 1.165) is 32.1 Å². The highest BCUT2D eigenvalue weighted by molar-refractivity contribution is 5.70. The van der Waals surface area contributed by atoms with Gasteiger partial charge in [-0.05, 0) is 68.2 Å². The van der Waals surface area contributed by atoms with Crippen molar-refractivity contribution in [2.24, 2.45) is 0 Å². The second-order valence-corrected chi connectivity index (χ2v) is 7.10. The Morgan fingerprint density at radius 3 is 1.21 bits per heavy atom. The topological polar surface area (TPSA) is 52.6 Å². The van der Waals surface area contributed by atoms with Crippen molar-refractivity contribution in [3.8, 4) is 0 Å². The van der Waals surface area contributed by atoms with E-state index < -0.39 is 0 Å². The molecule has 0 aromatic heterocycles. The fourth-order valence-corrected chi connectivity index (χ4v) is 3.20. The molecule has 0 radical (unpaired) electrons. The summed E-state index contributed by atoms with van der Waals surface area (Å²) in [4.78, 5) is 22.9. The summed E-state index contributed by atoms with van der Waals surface area (Å²) in [7, 11) is 0. The van der Waals surface area contributed by atoms with Crippen molar-refractivity contribution in [1.29, 1.82) is 0 Å². The number of esters is 2. The number of aryl methyl sites for hydroxylation is 4. The zero-order chi connectivity index (χ0) is 20.9. The molecule has 0 aliphatic rings. The molecule has 2 rings (SSSR count). The smallest absolute Gasteiger partial charge is 0.306 e. The second-order valence-electron chi connectivity index (χ2n) is 7.10. The summed E-state index contributed by atoms with van der Waals surface area (Å²) in [5.41, 5.74) is 4.97. The maximum Gasteiger partial charge on any atom is 0.306 e. The summed E-state index contributed by atoms with van der Waals surface area (Å²) in [6, 6.07) is 17.0. The molecule has 0 saturated heterocycles. The Morgan fingerprint density at radius 2 is 0.897 bits per heavy atom. The molecule has 156 valence electrons. The molecule has 4 nitrogen and oxygen atoms in total. The summed E-state index contributed by atoms with van der Waals surface area (Å²) < 4.78 is 9.93. The van der Waals surface area contributed by atoms with Crippen LogP contribution in [-0.4, -0.2) is 25.2 Å². The van der Waals surface area contributed by atoms with Gasteiger partial charge >= 0.3 is 11.9 Å². The molecule has 0 aliphatic heterocycles. The molecule has 4 heteroatoms. The highest BCUT2D eigenvalue weighted by Crippen LogP contribution is 2.13. The van der Waals surface area contributed by atoms with Gasteiger partial charge in [0.25, 0.3) is 0 Å². The van der Waals surface area contributed by atoms with Crippen molar-refractivity contribution in [3.05, 3.63) is 70.8 Å². The predicted octanol–water partition coefficient (Wildman–Crippen LogP) is 4.85. The minimum Gasteiger partial charge on any atom is -0.466 e. The third kappa shape index (κ3) is 8.95. The van der Waals surface area contributed by atoms with Gasteiger partial charge in [-0.1, -0.05) is 48.5 Å². The minimum absolute atomic E-state index is 0.136. The Bertz CT molecular complexity index is 682. The van der Waals surface area contributed by atoms with Crippen LogP contribution in [0.3, 0.4) is 0 Å². The minimum atomic E-state index is -0.136. The number of benzene rings is 2. The lowest BCUT2D eigenvalue weighted by molar-refractivity contribution is -0.144. The second kappa shape index (κ2) is 12.8. The number of hydrogen-bond donors (Lipinski definition) is 0. The van der Waals surface area contributed by atoms with Gasteiger partial charge in [-0.25, -0.2) is 0 Å². The number of rotatable bonds is 12. The quantitative estimate of drug-likeness (QED) is 0.481. The molecule has 0 spiro atoms. The van der Waals surface area contributed by atoms with Gasteiger partial charge < -0.3 is 9.47 Å². The average molecular weight is 397 g/mol. The average Bonchev–Trinajstić information content (AvgIpc) is 2.73. The van der Waals surface area contributed by atoms with Crippen LogP contribution in [0.25, 0.3) is 0 Å². The number of hydrogen-bond acceptors (Lipinski definition) is 4. The summed E-state index contributed by atoms with van der Waals surface area (Å²) in [5.74, 6) is -0.271. The van der Waals surface area contributed by atoms with Crippen LogP contribution in [0, 0.1) is 0 Å². The zero-order valence-electron chi connectivity index (χ0n) is 17.6. The largest absolute Gasteiger partial charge is 0.466 e. The van der Waals surface area contributed by atoms with E-state index >= 15 is 0 Å². The normalized spacial score (nSPS) is 10.6. The van der Waals surface area contributed by atoms with E-state index in [2.05, 4.69) is 48.5 Å². The lowest BCUT2D eigenvalue weighted by Gasteiger charge is -2.06. The first-order chi connectivity index (χ1) is 14.1. The molecular formula is C25H32O4. The molecule has 0 unspecified atom stereocenters. The van der Waals surface area contributed by atoms with Crippen molar-refractivity contribution in [3.63, 3.8) is 0 Å². The maximum absolute atomic E-state index is 11.4. The van der Waals surface area contributed by atoms with Gasteiger partial charge in [-0.2, -0.15) is 0 Å². The Labute approximate surface area is 174 Å². The van der Waals surface area contributed by atoms with Crippen molar-refractivity contribution >= 4 is 11.9 Å². The van der Waals surface area contributed by atoms with Crippen molar-refractivity contribution in [1.82, 2.24) is 0 Å². The van der Waals surface area contributed by atoms with E-state index in [1.807, 2.05) is 13.8 Å². The Hall–Kier alpha value is -2.62. The van der Waals surface area contributed by atoms with Crippen LogP contribution in [-0.2, 0) is 44.7 Å². The maximum atomic E-state index is 11.4. The van der Waals surface area contributed by atoms with Crippen LogP contribution in [0.4, 0.5) is 0 Å². The standard InChI is InChI=1S/C25H32O4/c1-3-28-24(26)18-16-22-12-8-20(9-13-22)6-5-7-21-10-14-23(15-11-21)17-19-25(27)29-4-2/h8-15H,3-7,16-19H2,1-2H3. The van der Waals surface area contributed by atoms with Crippen LogP contribution in [0.2, 0.25) is 0 Å². The van der Waals surface area contributed by atoms with Gasteiger partial charge in [0.15, 0.2) is 0 Å². The summed E-state index contributed by atoms with van der Waals surface area (Å²) in [6.45, 7) is 4.53. The molecule has 2 aromatic rings. The number of ether oxygens (including phenoxy) is 2. The van der Waals surface area contributed by atoms with Gasteiger partial charge in [0.05, 0.1) is 13.2 Å². The Balaban J connectivity index is 1.70. The SMILES string of the molecule is CCOC(=O)CCc1ccc(CCCc2ccc(CCC(=O)OCC)cc2)cc1. The van der Waals surface area contributed by atoms with E-state index in [0.29, 0.717) is 26.1 Å². The summed E-state index contributed by atoms with van der Waals surface area (Å²) in [5, 5.41) is 0.